The molecule has 1 saturated heterocycles. The van der Waals surface area contributed by atoms with Crippen LogP contribution < -0.4 is 5.32 Å². The van der Waals surface area contributed by atoms with Gasteiger partial charge in [-0.3, -0.25) is 4.79 Å². The molecule has 1 amide bonds. The van der Waals surface area contributed by atoms with Gasteiger partial charge in [0.2, 0.25) is 0 Å². The van der Waals surface area contributed by atoms with E-state index in [-0.39, 0.29) is 51.8 Å². The summed E-state index contributed by atoms with van der Waals surface area (Å²) in [5.74, 6) is -51.9. The molecule has 8 nitrogen and oxygen atoms in total. The first-order valence-corrected chi connectivity index (χ1v) is 16.2. The van der Waals surface area contributed by atoms with Gasteiger partial charge in [0.25, 0.3) is 5.91 Å². The van der Waals surface area contributed by atoms with E-state index in [1.54, 1.807) is 0 Å². The standard InChI is InChI=1S/C29H38F15NO7/c30-23(31,24(32,33)25(34,35)26(36,37)27(38,39)28(40,41)29(42,43)44)22(46)45-9-10-48-17-15-51-20-7-3-1-5-18(20)49-13-11-47-12-14-50-19-6-2-4-8-21(19)52-16-17/h17-21H,1-16H2,(H,45,46). The van der Waals surface area contributed by atoms with Gasteiger partial charge in [-0.1, -0.05) is 25.7 Å². The molecule has 3 aliphatic rings. The van der Waals surface area contributed by atoms with E-state index < -0.39 is 79.1 Å². The highest BCUT2D eigenvalue weighted by atomic mass is 19.4. The number of alkyl halides is 15. The van der Waals surface area contributed by atoms with Gasteiger partial charge in [-0.05, 0) is 25.7 Å². The van der Waals surface area contributed by atoms with Crippen molar-refractivity contribution in [1.29, 1.82) is 0 Å². The first kappa shape index (κ1) is 44.6. The molecule has 2 aliphatic carbocycles. The Balaban J connectivity index is 1.69. The highest BCUT2D eigenvalue weighted by Gasteiger charge is 2.94. The zero-order valence-corrected chi connectivity index (χ0v) is 27.2. The van der Waals surface area contributed by atoms with Gasteiger partial charge in [0.15, 0.2) is 0 Å². The molecule has 306 valence electrons. The maximum atomic E-state index is 14.3. The molecule has 1 aliphatic heterocycles. The summed E-state index contributed by atoms with van der Waals surface area (Å²) in [6.07, 6.45) is -4.72. The van der Waals surface area contributed by atoms with Crippen molar-refractivity contribution >= 4 is 5.91 Å². The van der Waals surface area contributed by atoms with Gasteiger partial charge in [-0.15, -0.1) is 0 Å². The largest absolute Gasteiger partial charge is 0.460 e. The lowest BCUT2D eigenvalue weighted by molar-refractivity contribution is -0.449. The van der Waals surface area contributed by atoms with Crippen LogP contribution in [0.15, 0.2) is 0 Å². The van der Waals surface area contributed by atoms with E-state index in [2.05, 4.69) is 0 Å². The van der Waals surface area contributed by atoms with Gasteiger partial charge in [0.05, 0.1) is 70.7 Å². The number of halogens is 15. The molecule has 0 radical (unpaired) electrons. The second-order valence-electron chi connectivity index (χ2n) is 12.4. The van der Waals surface area contributed by atoms with E-state index in [0.29, 0.717) is 25.7 Å². The van der Waals surface area contributed by atoms with Gasteiger partial charge in [0, 0.05) is 6.54 Å². The summed E-state index contributed by atoms with van der Waals surface area (Å²) in [5, 5.41) is 0.951. The summed E-state index contributed by atoms with van der Waals surface area (Å²) in [5.41, 5.74) is 0. The van der Waals surface area contributed by atoms with Crippen LogP contribution in [0.1, 0.15) is 51.4 Å². The number of hydrogen-bond donors (Lipinski definition) is 1. The molecule has 0 bridgehead atoms. The van der Waals surface area contributed by atoms with Crippen LogP contribution in [0.25, 0.3) is 0 Å². The molecule has 1 heterocycles. The number of hydrogen-bond acceptors (Lipinski definition) is 7. The predicted octanol–water partition coefficient (Wildman–Crippen LogP) is 6.58. The van der Waals surface area contributed by atoms with Crippen molar-refractivity contribution in [3.8, 4) is 0 Å². The lowest BCUT2D eigenvalue weighted by Gasteiger charge is -2.41. The molecular formula is C29H38F15NO7. The Kier molecular flexibility index (Phi) is 14.8. The Hall–Kier alpha value is -1.82. The van der Waals surface area contributed by atoms with E-state index in [4.69, 9.17) is 28.4 Å². The third-order valence-electron chi connectivity index (χ3n) is 8.75. The highest BCUT2D eigenvalue weighted by Crippen LogP contribution is 2.62. The molecule has 0 aromatic heterocycles. The number of amides is 1. The zero-order valence-electron chi connectivity index (χ0n) is 27.2. The Bertz CT molecular complexity index is 1110. The third kappa shape index (κ3) is 9.34. The van der Waals surface area contributed by atoms with E-state index >= 15 is 0 Å². The molecule has 4 unspecified atom stereocenters. The van der Waals surface area contributed by atoms with Crippen LogP contribution in [0.5, 0.6) is 0 Å². The molecule has 2 saturated carbocycles. The van der Waals surface area contributed by atoms with Crippen molar-refractivity contribution in [2.45, 2.75) is 124 Å². The van der Waals surface area contributed by atoms with Crippen LogP contribution in [-0.2, 0) is 33.2 Å². The molecule has 0 aromatic carbocycles. The van der Waals surface area contributed by atoms with Crippen LogP contribution in [0.4, 0.5) is 65.9 Å². The Morgan fingerprint density at radius 1 is 0.538 bits per heavy atom. The van der Waals surface area contributed by atoms with Crippen LogP contribution in [0, 0.1) is 0 Å². The first-order valence-electron chi connectivity index (χ1n) is 16.2. The minimum Gasteiger partial charge on any atom is -0.377 e. The van der Waals surface area contributed by atoms with Gasteiger partial charge >= 0.3 is 41.7 Å². The van der Waals surface area contributed by atoms with Crippen molar-refractivity contribution in [3.05, 3.63) is 0 Å². The summed E-state index contributed by atoms with van der Waals surface area (Å²) in [4.78, 5) is 11.8. The molecule has 3 rings (SSSR count). The molecule has 0 aromatic rings. The summed E-state index contributed by atoms with van der Waals surface area (Å²) < 4.78 is 237. The van der Waals surface area contributed by atoms with Crippen molar-refractivity contribution < 1.29 is 99.1 Å². The molecule has 1 N–H and O–H groups in total. The fourth-order valence-corrected chi connectivity index (χ4v) is 5.72. The van der Waals surface area contributed by atoms with Gasteiger partial charge in [-0.2, -0.15) is 65.9 Å². The van der Waals surface area contributed by atoms with E-state index in [0.717, 1.165) is 31.0 Å². The predicted molar refractivity (Wildman–Crippen MR) is 145 cm³/mol. The van der Waals surface area contributed by atoms with Crippen molar-refractivity contribution in [3.63, 3.8) is 0 Å². The summed E-state index contributed by atoms with van der Waals surface area (Å²) in [7, 11) is 0. The second-order valence-corrected chi connectivity index (χ2v) is 12.4. The van der Waals surface area contributed by atoms with Crippen LogP contribution in [-0.4, -0.2) is 131 Å². The molecular weight excluding hydrogens is 759 g/mol. The first-order chi connectivity index (χ1) is 23.9. The van der Waals surface area contributed by atoms with E-state index in [1.165, 1.54) is 0 Å². The fraction of sp³-hybridized carbons (Fsp3) is 0.966. The average Bonchev–Trinajstić information content (AvgIpc) is 3.06. The lowest BCUT2D eigenvalue weighted by atomic mass is 9.91. The molecule has 52 heavy (non-hydrogen) atoms. The van der Waals surface area contributed by atoms with E-state index in [1.807, 2.05) is 0 Å². The second kappa shape index (κ2) is 17.3. The monoisotopic (exact) mass is 797 g/mol. The van der Waals surface area contributed by atoms with E-state index in [9.17, 15) is 70.7 Å². The number of rotatable bonds is 10. The lowest BCUT2D eigenvalue weighted by Crippen LogP contribution is -2.74. The van der Waals surface area contributed by atoms with Crippen molar-refractivity contribution in [2.75, 3.05) is 52.8 Å². The van der Waals surface area contributed by atoms with Crippen LogP contribution in [0.3, 0.4) is 0 Å². The number of fused-ring (bicyclic) bond motifs is 2. The fourth-order valence-electron chi connectivity index (χ4n) is 5.72. The minimum absolute atomic E-state index is 0.237. The smallest absolute Gasteiger partial charge is 0.377 e. The Morgan fingerprint density at radius 3 is 1.35 bits per heavy atom. The summed E-state index contributed by atoms with van der Waals surface area (Å²) in [6, 6.07) is 0. The normalized spacial score (nSPS) is 27.7. The maximum Gasteiger partial charge on any atom is 0.460 e. The summed E-state index contributed by atoms with van der Waals surface area (Å²) in [6.45, 7) is -1.54. The molecule has 23 heteroatoms. The number of nitrogens with one attached hydrogen (secondary N) is 1. The van der Waals surface area contributed by atoms with Crippen LogP contribution >= 0.6 is 0 Å². The highest BCUT2D eigenvalue weighted by molar-refractivity contribution is 5.84. The van der Waals surface area contributed by atoms with Gasteiger partial charge in [0.1, 0.15) is 6.10 Å². The number of carbonyl (C=O) groups excluding carboxylic acids is 1. The third-order valence-corrected chi connectivity index (χ3v) is 8.75. The average molecular weight is 798 g/mol. The van der Waals surface area contributed by atoms with Crippen molar-refractivity contribution in [1.82, 2.24) is 5.32 Å². The van der Waals surface area contributed by atoms with Crippen LogP contribution in [0.2, 0.25) is 0 Å². The quantitative estimate of drug-likeness (QED) is 0.198. The Labute approximate surface area is 287 Å². The van der Waals surface area contributed by atoms with Gasteiger partial charge < -0.3 is 33.7 Å². The Morgan fingerprint density at radius 2 is 0.923 bits per heavy atom. The SMILES string of the molecule is O=C(NCCOC1COC2CCCCC2OCCOCCOC2CCCCC2OC1)C(F)(F)C(F)(F)C(F)(F)C(F)(F)C(F)(F)C(F)(F)C(F)(F)F. The summed E-state index contributed by atoms with van der Waals surface area (Å²) >= 11 is 0. The van der Waals surface area contributed by atoms with Gasteiger partial charge in [-0.25, -0.2) is 0 Å². The maximum absolute atomic E-state index is 14.3. The molecule has 4 atom stereocenters. The minimum atomic E-state index is -8.49. The number of ether oxygens (including phenoxy) is 6. The van der Waals surface area contributed by atoms with Crippen molar-refractivity contribution in [2.24, 2.45) is 0 Å². The zero-order chi connectivity index (χ0) is 39.2. The molecule has 3 fully saturated rings. The molecule has 0 spiro atoms. The number of carbonyl (C=O) groups is 1. The topological polar surface area (TPSA) is 84.5 Å².